The van der Waals surface area contributed by atoms with Crippen molar-refractivity contribution in [3.05, 3.63) is 67.6 Å². The number of hydrogen-bond donors (Lipinski definition) is 0. The predicted molar refractivity (Wildman–Crippen MR) is 187 cm³/mol. The second kappa shape index (κ2) is 21.8. The molecule has 4 aromatic rings. The zero-order valence-electron chi connectivity index (χ0n) is 30.7. The van der Waals surface area contributed by atoms with Gasteiger partial charge in [-0.2, -0.15) is 9.13 Å². The first-order valence-electron chi connectivity index (χ1n) is 16.0. The molecule has 0 bridgehead atoms. The number of nitrogens with zero attached hydrogens (tertiary/aromatic N) is 2. The molecule has 0 saturated heterocycles. The fourth-order valence-electron chi connectivity index (χ4n) is 5.41. The van der Waals surface area contributed by atoms with E-state index in [9.17, 15) is 9.59 Å². The Morgan fingerprint density at radius 3 is 1.17 bits per heavy atom. The quantitative estimate of drug-likeness (QED) is 0.0842. The molecule has 0 unspecified atom stereocenters. The van der Waals surface area contributed by atoms with Crippen LogP contribution in [0, 0.1) is 13.8 Å². The summed E-state index contributed by atoms with van der Waals surface area (Å²) in [4.78, 5) is 26.9. The fraction of sp³-hybridized carbons (Fsp3) is 0.444. The van der Waals surface area contributed by atoms with E-state index < -0.39 is 11.9 Å². The first kappa shape index (κ1) is 44.6. The number of rotatable bonds is 19. The number of benzene rings is 2. The summed E-state index contributed by atoms with van der Waals surface area (Å²) in [5.74, 6) is 2.64. The third-order valence-electron chi connectivity index (χ3n) is 8.19. The molecule has 0 saturated carbocycles. The highest BCUT2D eigenvalue weighted by molar-refractivity contribution is 7.09. The van der Waals surface area contributed by atoms with Crippen LogP contribution in [0.15, 0.2) is 35.3 Å². The number of esters is 2. The van der Waals surface area contributed by atoms with Gasteiger partial charge in [-0.3, -0.25) is 9.59 Å². The van der Waals surface area contributed by atoms with Crippen LogP contribution < -0.4 is 71.5 Å². The lowest BCUT2D eigenvalue weighted by Gasteiger charge is -2.13. The zero-order chi connectivity index (χ0) is 36.2. The number of carbonyl (C=O) groups excluding carboxylic acids is 2. The van der Waals surface area contributed by atoms with Gasteiger partial charge < -0.3 is 71.9 Å². The number of carbonyl (C=O) groups is 2. The van der Waals surface area contributed by atoms with Crippen LogP contribution in [0.25, 0.3) is 0 Å². The van der Waals surface area contributed by atoms with E-state index >= 15 is 0 Å². The lowest BCUT2D eigenvalue weighted by atomic mass is 10.1. The summed E-state index contributed by atoms with van der Waals surface area (Å²) in [5.41, 5.74) is 8.23. The Labute approximate surface area is 334 Å². The minimum atomic E-state index is -0.427. The van der Waals surface area contributed by atoms with Gasteiger partial charge in [0.1, 0.15) is 0 Å². The maximum absolute atomic E-state index is 12.4. The summed E-state index contributed by atoms with van der Waals surface area (Å²) in [5, 5.41) is 0. The number of thiazole rings is 2. The van der Waals surface area contributed by atoms with E-state index in [4.69, 9.17) is 37.9 Å². The van der Waals surface area contributed by atoms with Crippen molar-refractivity contribution in [1.29, 1.82) is 0 Å². The van der Waals surface area contributed by atoms with Crippen LogP contribution in [-0.2, 0) is 45.0 Å². The van der Waals surface area contributed by atoms with Gasteiger partial charge in [0.15, 0.2) is 47.5 Å². The molecule has 0 fully saturated rings. The van der Waals surface area contributed by atoms with Crippen molar-refractivity contribution in [2.24, 2.45) is 0 Å². The van der Waals surface area contributed by atoms with Crippen LogP contribution in [0.1, 0.15) is 45.1 Å². The van der Waals surface area contributed by atoms with E-state index in [2.05, 4.69) is 9.13 Å². The summed E-state index contributed by atoms with van der Waals surface area (Å²) in [7, 11) is 9.53. The number of halogens is 2. The number of ether oxygens (including phenoxy) is 8. The van der Waals surface area contributed by atoms with Gasteiger partial charge in [-0.25, -0.2) is 0 Å². The van der Waals surface area contributed by atoms with Gasteiger partial charge in [0.2, 0.25) is 22.5 Å². The Morgan fingerprint density at radius 2 is 0.885 bits per heavy atom. The molecule has 0 amide bonds. The lowest BCUT2D eigenvalue weighted by Crippen LogP contribution is -3.00. The van der Waals surface area contributed by atoms with Crippen LogP contribution in [0.3, 0.4) is 0 Å². The van der Waals surface area contributed by atoms with Gasteiger partial charge in [-0.15, -0.1) is 0 Å². The molecule has 0 aliphatic carbocycles. The van der Waals surface area contributed by atoms with Gasteiger partial charge in [0.05, 0.1) is 78.5 Å². The molecule has 2 heterocycles. The Morgan fingerprint density at radius 1 is 0.558 bits per heavy atom. The molecule has 52 heavy (non-hydrogen) atoms. The van der Waals surface area contributed by atoms with Gasteiger partial charge in [-0.05, 0) is 24.3 Å². The van der Waals surface area contributed by atoms with Crippen LogP contribution in [0.5, 0.6) is 34.5 Å². The Hall–Kier alpha value is -3.60. The molecule has 0 N–H and O–H groups in total. The first-order valence-corrected chi connectivity index (χ1v) is 17.7. The van der Waals surface area contributed by atoms with E-state index in [1.807, 2.05) is 49.1 Å². The van der Waals surface area contributed by atoms with Crippen molar-refractivity contribution in [3.8, 4) is 34.5 Å². The van der Waals surface area contributed by atoms with Gasteiger partial charge in [0.25, 0.3) is 0 Å². The molecule has 12 nitrogen and oxygen atoms in total. The fourth-order valence-corrected chi connectivity index (χ4v) is 7.36. The topological polar surface area (TPSA) is 116 Å². The van der Waals surface area contributed by atoms with Crippen molar-refractivity contribution in [2.45, 2.75) is 52.6 Å². The monoisotopic (exact) mass is 888 g/mol. The number of hydrogen-bond acceptors (Lipinski definition) is 12. The minimum Gasteiger partial charge on any atom is -1.00 e. The minimum absolute atomic E-state index is 0. The molecular weight excluding hydrogens is 844 g/mol. The van der Waals surface area contributed by atoms with Gasteiger partial charge in [0, 0.05) is 37.8 Å². The molecule has 16 heteroatoms. The summed E-state index contributed by atoms with van der Waals surface area (Å²) < 4.78 is 47.9. The third kappa shape index (κ3) is 11.4. The number of aromatic nitrogens is 2. The molecule has 0 atom stereocenters. The smallest absolute Gasteiger partial charge is 0.306 e. The van der Waals surface area contributed by atoms with Crippen molar-refractivity contribution < 1.29 is 90.6 Å². The van der Waals surface area contributed by atoms with Crippen molar-refractivity contribution in [1.82, 2.24) is 0 Å². The van der Waals surface area contributed by atoms with E-state index in [0.29, 0.717) is 60.4 Å². The van der Waals surface area contributed by atoms with Crippen LogP contribution in [0.2, 0.25) is 0 Å². The predicted octanol–water partition coefficient (Wildman–Crippen LogP) is -1.19. The van der Waals surface area contributed by atoms with Crippen molar-refractivity contribution >= 4 is 34.6 Å². The van der Waals surface area contributed by atoms with Gasteiger partial charge >= 0.3 is 11.9 Å². The number of methoxy groups -OCH3 is 6. The third-order valence-corrected chi connectivity index (χ3v) is 10.5. The normalized spacial score (nSPS) is 10.4. The molecule has 2 aromatic heterocycles. The molecule has 0 aliphatic heterocycles. The lowest BCUT2D eigenvalue weighted by molar-refractivity contribution is -0.689. The maximum Gasteiger partial charge on any atom is 0.306 e. The maximum atomic E-state index is 12.4. The zero-order valence-corrected chi connectivity index (χ0v) is 35.5. The molecule has 0 radical (unpaired) electrons. The van der Waals surface area contributed by atoms with Crippen molar-refractivity contribution in [3.63, 3.8) is 0 Å². The van der Waals surface area contributed by atoms with E-state index in [1.54, 1.807) is 65.3 Å². The summed E-state index contributed by atoms with van der Waals surface area (Å²) in [6.45, 7) is 5.76. The van der Waals surface area contributed by atoms with Crippen LogP contribution in [-0.4, -0.2) is 67.8 Å². The molecular formula is C36H46Br2N2O10S2. The first-order chi connectivity index (χ1) is 24.1. The summed E-state index contributed by atoms with van der Waals surface area (Å²) >= 11 is 3.20. The highest BCUT2D eigenvalue weighted by atomic mass is 79.9. The van der Waals surface area contributed by atoms with Crippen LogP contribution >= 0.6 is 22.7 Å². The average Bonchev–Trinajstić information content (AvgIpc) is 3.65. The van der Waals surface area contributed by atoms with E-state index in [1.165, 1.54) is 0 Å². The average molecular weight is 891 g/mol. The summed E-state index contributed by atoms with van der Waals surface area (Å²) in [6.07, 6.45) is 1.09. The standard InChI is InChI=1S/C36H46N2O10S2.2BrH/c1-23-31(49-21-37(23)19-25-15-27(41-3)35(45-7)28(16-25)42-4)11-13-47-33(39)9-10-34(40)48-14-12-32-24(2)38(22-50-32)20-26-17-29(43-5)36(46-8)30(18-26)44-6;;/h15-18,21-22H,9-14,19-20H2,1-8H3;2*1H/q+2;;/p-2. The Bertz CT molecular complexity index is 1600. The Balaban J connectivity index is 0.00000468. The largest absolute Gasteiger partial charge is 1.00 e. The van der Waals surface area contributed by atoms with E-state index in [-0.39, 0.29) is 60.0 Å². The van der Waals surface area contributed by atoms with E-state index in [0.717, 1.165) is 32.3 Å². The highest BCUT2D eigenvalue weighted by Gasteiger charge is 2.22. The molecule has 0 aliphatic rings. The molecule has 286 valence electrons. The molecule has 0 spiro atoms. The summed E-state index contributed by atoms with van der Waals surface area (Å²) in [6, 6.07) is 7.71. The highest BCUT2D eigenvalue weighted by Crippen LogP contribution is 2.39. The second-order valence-corrected chi connectivity index (χ2v) is 13.1. The van der Waals surface area contributed by atoms with Gasteiger partial charge in [-0.1, -0.05) is 22.7 Å². The SMILES string of the molecule is COc1cc(C[n+]2csc(CCOC(=O)CCC(=O)OCCc3sc[n+](Cc4cc(OC)c(OC)c(OC)c4)c3C)c2C)cc(OC)c1OC.[Br-].[Br-]. The molecule has 4 rings (SSSR count). The molecule has 2 aromatic carbocycles. The Kier molecular flexibility index (Phi) is 18.7. The van der Waals surface area contributed by atoms with Crippen molar-refractivity contribution in [2.75, 3.05) is 55.9 Å². The second-order valence-electron chi connectivity index (χ2n) is 11.2. The van der Waals surface area contributed by atoms with Crippen LogP contribution in [0.4, 0.5) is 0 Å².